The van der Waals surface area contributed by atoms with Crippen molar-refractivity contribution in [1.82, 2.24) is 4.90 Å². The smallest absolute Gasteiger partial charge is 0.304 e. The first-order valence-electron chi connectivity index (χ1n) is 3.46. The van der Waals surface area contributed by atoms with Crippen molar-refractivity contribution >= 4 is 11.9 Å². The molecular weight excluding hydrogens is 146 g/mol. The van der Waals surface area contributed by atoms with Crippen molar-refractivity contribution in [2.24, 2.45) is 0 Å². The van der Waals surface area contributed by atoms with Crippen LogP contribution >= 0.6 is 0 Å². The number of hydrogen-bond acceptors (Lipinski definition) is 3. The van der Waals surface area contributed by atoms with Crippen molar-refractivity contribution in [2.75, 3.05) is 13.3 Å². The third-order valence-electron chi connectivity index (χ3n) is 1.25. The van der Waals surface area contributed by atoms with Gasteiger partial charge in [-0.1, -0.05) is 0 Å². The number of carbonyl (C=O) groups is 2. The van der Waals surface area contributed by atoms with E-state index in [0.717, 1.165) is 0 Å². The number of ether oxygens (including phenoxy) is 1. The summed E-state index contributed by atoms with van der Waals surface area (Å²) in [7, 11) is 0. The predicted molar refractivity (Wildman–Crippen MR) is 39.7 cm³/mol. The molecule has 4 nitrogen and oxygen atoms in total. The summed E-state index contributed by atoms with van der Waals surface area (Å²) in [6, 6.07) is 0. The molecule has 0 spiro atoms. The van der Waals surface area contributed by atoms with Gasteiger partial charge in [-0.05, 0) is 6.92 Å². The third-order valence-corrected chi connectivity index (χ3v) is 1.25. The molecule has 0 atom stereocenters. The van der Waals surface area contributed by atoms with Crippen molar-refractivity contribution in [2.45, 2.75) is 20.8 Å². The van der Waals surface area contributed by atoms with Crippen LogP contribution in [0.15, 0.2) is 0 Å². The maximum absolute atomic E-state index is 10.7. The van der Waals surface area contributed by atoms with Crippen molar-refractivity contribution in [3.63, 3.8) is 0 Å². The fourth-order valence-corrected chi connectivity index (χ4v) is 0.574. The summed E-state index contributed by atoms with van der Waals surface area (Å²) in [6.45, 7) is 5.19. The van der Waals surface area contributed by atoms with Crippen molar-refractivity contribution in [3.05, 3.63) is 0 Å². The lowest BCUT2D eigenvalue weighted by Gasteiger charge is -2.17. The Kier molecular flexibility index (Phi) is 4.26. The fraction of sp³-hybridized carbons (Fsp3) is 0.714. The number of esters is 1. The van der Waals surface area contributed by atoms with E-state index in [0.29, 0.717) is 6.54 Å². The molecule has 0 aliphatic heterocycles. The SMILES string of the molecule is CCN(COC(C)=O)C(C)=O. The van der Waals surface area contributed by atoms with E-state index in [2.05, 4.69) is 4.74 Å². The predicted octanol–water partition coefficient (Wildman–Crippen LogP) is 0.375. The van der Waals surface area contributed by atoms with E-state index in [-0.39, 0.29) is 18.6 Å². The highest BCUT2D eigenvalue weighted by Gasteiger charge is 2.05. The molecule has 0 N–H and O–H groups in total. The van der Waals surface area contributed by atoms with Gasteiger partial charge in [0.2, 0.25) is 5.91 Å². The fourth-order valence-electron chi connectivity index (χ4n) is 0.574. The summed E-state index contributed by atoms with van der Waals surface area (Å²) in [5, 5.41) is 0. The molecule has 64 valence electrons. The van der Waals surface area contributed by atoms with Gasteiger partial charge in [-0.2, -0.15) is 0 Å². The summed E-state index contributed by atoms with van der Waals surface area (Å²) < 4.78 is 4.62. The van der Waals surface area contributed by atoms with Gasteiger partial charge < -0.3 is 9.64 Å². The van der Waals surface area contributed by atoms with E-state index < -0.39 is 0 Å². The van der Waals surface area contributed by atoms with Crippen LogP contribution in [-0.2, 0) is 14.3 Å². The molecular formula is C7H13NO3. The van der Waals surface area contributed by atoms with Crippen LogP contribution in [0.5, 0.6) is 0 Å². The lowest BCUT2D eigenvalue weighted by Crippen LogP contribution is -2.31. The molecule has 0 bridgehead atoms. The summed E-state index contributed by atoms with van der Waals surface area (Å²) in [6.07, 6.45) is 0. The van der Waals surface area contributed by atoms with Crippen LogP contribution < -0.4 is 0 Å². The second kappa shape index (κ2) is 4.71. The molecule has 0 fully saturated rings. The molecule has 1 amide bonds. The van der Waals surface area contributed by atoms with Gasteiger partial charge in [-0.15, -0.1) is 0 Å². The summed E-state index contributed by atoms with van der Waals surface area (Å²) in [4.78, 5) is 22.5. The Morgan fingerprint density at radius 1 is 1.36 bits per heavy atom. The van der Waals surface area contributed by atoms with Crippen molar-refractivity contribution in [1.29, 1.82) is 0 Å². The molecule has 11 heavy (non-hydrogen) atoms. The first kappa shape index (κ1) is 9.94. The average Bonchev–Trinajstić information content (AvgIpc) is 1.87. The zero-order valence-corrected chi connectivity index (χ0v) is 7.09. The standard InChI is InChI=1S/C7H13NO3/c1-4-8(6(2)9)5-11-7(3)10/h4-5H2,1-3H3. The third kappa shape index (κ3) is 4.36. The van der Waals surface area contributed by atoms with Gasteiger partial charge in [0.15, 0.2) is 6.73 Å². The van der Waals surface area contributed by atoms with E-state index in [1.807, 2.05) is 6.92 Å². The van der Waals surface area contributed by atoms with E-state index in [4.69, 9.17) is 0 Å². The lowest BCUT2D eigenvalue weighted by molar-refractivity contribution is -0.149. The molecule has 0 rings (SSSR count). The molecule has 0 aliphatic rings. The highest BCUT2D eigenvalue weighted by atomic mass is 16.5. The van der Waals surface area contributed by atoms with Crippen LogP contribution in [0.2, 0.25) is 0 Å². The normalized spacial score (nSPS) is 9.00. The molecule has 0 radical (unpaired) electrons. The lowest BCUT2D eigenvalue weighted by atomic mass is 10.5. The molecule has 0 aromatic rings. The van der Waals surface area contributed by atoms with Gasteiger partial charge >= 0.3 is 5.97 Å². The summed E-state index contributed by atoms with van der Waals surface area (Å²) in [5.41, 5.74) is 0. The minimum Gasteiger partial charge on any atom is -0.444 e. The maximum Gasteiger partial charge on any atom is 0.304 e. The summed E-state index contributed by atoms with van der Waals surface area (Å²) >= 11 is 0. The first-order valence-corrected chi connectivity index (χ1v) is 3.46. The highest BCUT2D eigenvalue weighted by Crippen LogP contribution is 1.89. The molecule has 0 heterocycles. The zero-order valence-electron chi connectivity index (χ0n) is 7.09. The average molecular weight is 159 g/mol. The van der Waals surface area contributed by atoms with Gasteiger partial charge in [0, 0.05) is 20.4 Å². The first-order chi connectivity index (χ1) is 5.07. The molecule has 0 saturated carbocycles. The van der Waals surface area contributed by atoms with Crippen LogP contribution in [0.25, 0.3) is 0 Å². The van der Waals surface area contributed by atoms with Crippen molar-refractivity contribution < 1.29 is 14.3 Å². The largest absolute Gasteiger partial charge is 0.444 e. The number of rotatable bonds is 3. The van der Waals surface area contributed by atoms with Crippen LogP contribution in [-0.4, -0.2) is 30.1 Å². The number of amides is 1. The zero-order chi connectivity index (χ0) is 8.85. The van der Waals surface area contributed by atoms with Gasteiger partial charge in [-0.25, -0.2) is 0 Å². The molecule has 0 unspecified atom stereocenters. The number of carbonyl (C=O) groups excluding carboxylic acids is 2. The Morgan fingerprint density at radius 2 is 1.91 bits per heavy atom. The van der Waals surface area contributed by atoms with E-state index in [1.165, 1.54) is 18.7 Å². The second-order valence-corrected chi connectivity index (χ2v) is 2.14. The van der Waals surface area contributed by atoms with Crippen LogP contribution in [0.3, 0.4) is 0 Å². The Morgan fingerprint density at radius 3 is 2.18 bits per heavy atom. The molecule has 4 heteroatoms. The molecule has 0 saturated heterocycles. The molecule has 0 aromatic carbocycles. The van der Waals surface area contributed by atoms with E-state index in [1.54, 1.807) is 0 Å². The van der Waals surface area contributed by atoms with Crippen LogP contribution in [0.4, 0.5) is 0 Å². The van der Waals surface area contributed by atoms with Gasteiger partial charge in [0.25, 0.3) is 0 Å². The number of nitrogens with zero attached hydrogens (tertiary/aromatic N) is 1. The van der Waals surface area contributed by atoms with Crippen LogP contribution in [0, 0.1) is 0 Å². The van der Waals surface area contributed by atoms with Crippen molar-refractivity contribution in [3.8, 4) is 0 Å². The van der Waals surface area contributed by atoms with Gasteiger partial charge in [0.1, 0.15) is 0 Å². The minimum atomic E-state index is -0.371. The topological polar surface area (TPSA) is 46.6 Å². The Bertz CT molecular complexity index is 156. The second-order valence-electron chi connectivity index (χ2n) is 2.14. The minimum absolute atomic E-state index is 0.0567. The van der Waals surface area contributed by atoms with Gasteiger partial charge in [0.05, 0.1) is 0 Å². The molecule has 0 aliphatic carbocycles. The highest BCUT2D eigenvalue weighted by molar-refractivity contribution is 5.73. The molecule has 0 aromatic heterocycles. The number of hydrogen-bond donors (Lipinski definition) is 0. The quantitative estimate of drug-likeness (QED) is 0.441. The van der Waals surface area contributed by atoms with Crippen LogP contribution in [0.1, 0.15) is 20.8 Å². The van der Waals surface area contributed by atoms with Gasteiger partial charge in [-0.3, -0.25) is 9.59 Å². The Balaban J connectivity index is 3.70. The summed E-state index contributed by atoms with van der Waals surface area (Å²) in [5.74, 6) is -0.460. The van der Waals surface area contributed by atoms with E-state index in [9.17, 15) is 9.59 Å². The van der Waals surface area contributed by atoms with E-state index >= 15 is 0 Å². The Labute approximate surface area is 66.1 Å². The monoisotopic (exact) mass is 159 g/mol. The Hall–Kier alpha value is -1.06. The maximum atomic E-state index is 10.7.